The summed E-state index contributed by atoms with van der Waals surface area (Å²) in [5.41, 5.74) is 0.272. The lowest BCUT2D eigenvalue weighted by Gasteiger charge is -2.17. The highest BCUT2D eigenvalue weighted by Gasteiger charge is 2.16. The second kappa shape index (κ2) is 9.89. The van der Waals surface area contributed by atoms with E-state index in [4.69, 9.17) is 16.3 Å². The second-order valence-corrected chi connectivity index (χ2v) is 6.21. The highest BCUT2D eigenvalue weighted by Crippen LogP contribution is 2.33. The van der Waals surface area contributed by atoms with Crippen molar-refractivity contribution in [1.82, 2.24) is 10.2 Å². The van der Waals surface area contributed by atoms with Crippen LogP contribution in [0.3, 0.4) is 0 Å². The van der Waals surface area contributed by atoms with Gasteiger partial charge in [0.1, 0.15) is 5.75 Å². The molecular weight excluding hydrogens is 370 g/mol. The Morgan fingerprint density at radius 1 is 1.19 bits per heavy atom. The van der Waals surface area contributed by atoms with Gasteiger partial charge in [-0.05, 0) is 49.5 Å². The van der Waals surface area contributed by atoms with Crippen LogP contribution < -0.4 is 10.1 Å². The van der Waals surface area contributed by atoms with Gasteiger partial charge >= 0.3 is 5.69 Å². The molecule has 0 radical (unpaired) electrons. The summed E-state index contributed by atoms with van der Waals surface area (Å²) in [7, 11) is 0. The van der Waals surface area contributed by atoms with Gasteiger partial charge < -0.3 is 15.0 Å². The SMILES string of the molecule is CCN(CC)CCNC(=O)c1ccc(Oc2ccc(Cl)cc2[N+](=O)[O-])cc1. The molecule has 0 aliphatic rings. The van der Waals surface area contributed by atoms with Crippen LogP contribution in [0.2, 0.25) is 5.02 Å². The molecule has 2 aromatic rings. The van der Waals surface area contributed by atoms with Crippen molar-refractivity contribution in [2.45, 2.75) is 13.8 Å². The van der Waals surface area contributed by atoms with Crippen molar-refractivity contribution in [1.29, 1.82) is 0 Å². The van der Waals surface area contributed by atoms with Gasteiger partial charge in [-0.25, -0.2) is 0 Å². The quantitative estimate of drug-likeness (QED) is 0.513. The first-order valence-corrected chi connectivity index (χ1v) is 9.04. The molecule has 0 atom stereocenters. The predicted octanol–water partition coefficient (Wildman–Crippen LogP) is 4.11. The number of hydrogen-bond acceptors (Lipinski definition) is 5. The van der Waals surface area contributed by atoms with Crippen molar-refractivity contribution in [3.63, 3.8) is 0 Å². The number of nitro benzene ring substituents is 1. The second-order valence-electron chi connectivity index (χ2n) is 5.78. The third-order valence-electron chi connectivity index (χ3n) is 4.07. The van der Waals surface area contributed by atoms with Gasteiger partial charge in [0.25, 0.3) is 5.91 Å². The number of rotatable bonds is 9. The van der Waals surface area contributed by atoms with Crippen LogP contribution in [0.4, 0.5) is 5.69 Å². The van der Waals surface area contributed by atoms with Crippen LogP contribution in [0.15, 0.2) is 42.5 Å². The highest BCUT2D eigenvalue weighted by atomic mass is 35.5. The fraction of sp³-hybridized carbons (Fsp3) is 0.316. The molecule has 0 fully saturated rings. The Hall–Kier alpha value is -2.64. The fourth-order valence-corrected chi connectivity index (χ4v) is 2.66. The average Bonchev–Trinajstić information content (AvgIpc) is 2.67. The molecule has 1 N–H and O–H groups in total. The molecule has 0 aromatic heterocycles. The van der Waals surface area contributed by atoms with E-state index in [1.807, 2.05) is 0 Å². The molecule has 8 heteroatoms. The number of amides is 1. The lowest BCUT2D eigenvalue weighted by atomic mass is 10.2. The summed E-state index contributed by atoms with van der Waals surface area (Å²) in [5.74, 6) is 0.298. The lowest BCUT2D eigenvalue weighted by molar-refractivity contribution is -0.385. The molecule has 0 heterocycles. The van der Waals surface area contributed by atoms with Crippen molar-refractivity contribution >= 4 is 23.2 Å². The molecule has 7 nitrogen and oxygen atoms in total. The number of carbonyl (C=O) groups excluding carboxylic acids is 1. The normalized spacial score (nSPS) is 10.7. The Morgan fingerprint density at radius 3 is 2.44 bits per heavy atom. The first kappa shape index (κ1) is 20.7. The summed E-state index contributed by atoms with van der Waals surface area (Å²) in [6.07, 6.45) is 0. The van der Waals surface area contributed by atoms with E-state index in [0.717, 1.165) is 19.6 Å². The van der Waals surface area contributed by atoms with Crippen molar-refractivity contribution in [2.75, 3.05) is 26.2 Å². The highest BCUT2D eigenvalue weighted by molar-refractivity contribution is 6.30. The summed E-state index contributed by atoms with van der Waals surface area (Å²) >= 11 is 5.79. The van der Waals surface area contributed by atoms with Crippen molar-refractivity contribution < 1.29 is 14.5 Å². The van der Waals surface area contributed by atoms with Crippen LogP contribution in [0.5, 0.6) is 11.5 Å². The van der Waals surface area contributed by atoms with Gasteiger partial charge in [-0.3, -0.25) is 14.9 Å². The van der Waals surface area contributed by atoms with Crippen LogP contribution in [0, 0.1) is 10.1 Å². The zero-order chi connectivity index (χ0) is 19.8. The third-order valence-corrected chi connectivity index (χ3v) is 4.31. The number of likely N-dealkylation sites (N-methyl/N-ethyl adjacent to an activating group) is 1. The number of benzene rings is 2. The number of halogens is 1. The number of ether oxygens (including phenoxy) is 1. The number of hydrogen-bond donors (Lipinski definition) is 1. The molecule has 0 bridgehead atoms. The Kier molecular flexibility index (Phi) is 7.57. The fourth-order valence-electron chi connectivity index (χ4n) is 2.49. The summed E-state index contributed by atoms with van der Waals surface area (Å²) < 4.78 is 5.56. The van der Waals surface area contributed by atoms with E-state index in [1.165, 1.54) is 18.2 Å². The van der Waals surface area contributed by atoms with Crippen LogP contribution in [0.1, 0.15) is 24.2 Å². The van der Waals surface area contributed by atoms with Crippen molar-refractivity contribution in [3.05, 3.63) is 63.2 Å². The zero-order valence-corrected chi connectivity index (χ0v) is 16.0. The van der Waals surface area contributed by atoms with Gasteiger partial charge in [0.2, 0.25) is 5.75 Å². The summed E-state index contributed by atoms with van der Waals surface area (Å²) in [6.45, 7) is 7.39. The maximum atomic E-state index is 12.2. The van der Waals surface area contributed by atoms with E-state index in [1.54, 1.807) is 24.3 Å². The maximum absolute atomic E-state index is 12.2. The summed E-state index contributed by atoms with van der Waals surface area (Å²) in [4.78, 5) is 25.0. The molecule has 144 valence electrons. The molecule has 0 aliphatic carbocycles. The van der Waals surface area contributed by atoms with Gasteiger partial charge in [0.15, 0.2) is 0 Å². The van der Waals surface area contributed by atoms with Gasteiger partial charge in [-0.2, -0.15) is 0 Å². The van der Waals surface area contributed by atoms with Crippen LogP contribution >= 0.6 is 11.6 Å². The minimum Gasteiger partial charge on any atom is -0.450 e. The molecule has 2 rings (SSSR count). The topological polar surface area (TPSA) is 84.7 Å². The molecule has 0 aliphatic heterocycles. The smallest absolute Gasteiger partial charge is 0.313 e. The maximum Gasteiger partial charge on any atom is 0.313 e. The van der Waals surface area contributed by atoms with Crippen molar-refractivity contribution in [2.24, 2.45) is 0 Å². The standard InChI is InChI=1S/C19H22ClN3O4/c1-3-22(4-2)12-11-21-19(24)14-5-8-16(9-6-14)27-18-10-7-15(20)13-17(18)23(25)26/h5-10,13H,3-4,11-12H2,1-2H3,(H,21,24). The predicted molar refractivity (Wildman–Crippen MR) is 105 cm³/mol. The van der Waals surface area contributed by atoms with Gasteiger partial charge in [0, 0.05) is 29.7 Å². The minimum absolute atomic E-state index is 0.0841. The van der Waals surface area contributed by atoms with Crippen LogP contribution in [-0.2, 0) is 0 Å². The minimum atomic E-state index is -0.557. The van der Waals surface area contributed by atoms with E-state index < -0.39 is 4.92 Å². The Labute approximate surface area is 163 Å². The Morgan fingerprint density at radius 2 is 1.85 bits per heavy atom. The summed E-state index contributed by atoms with van der Waals surface area (Å²) in [6, 6.07) is 10.6. The largest absolute Gasteiger partial charge is 0.450 e. The van der Waals surface area contributed by atoms with Crippen LogP contribution in [-0.4, -0.2) is 41.9 Å². The number of nitrogens with one attached hydrogen (secondary N) is 1. The van der Waals surface area contributed by atoms with Gasteiger partial charge in [-0.15, -0.1) is 0 Å². The number of carbonyl (C=O) groups is 1. The zero-order valence-electron chi connectivity index (χ0n) is 15.3. The van der Waals surface area contributed by atoms with E-state index in [2.05, 4.69) is 24.1 Å². The van der Waals surface area contributed by atoms with Crippen LogP contribution in [0.25, 0.3) is 0 Å². The average molecular weight is 392 g/mol. The summed E-state index contributed by atoms with van der Waals surface area (Å²) in [5, 5.41) is 14.2. The first-order chi connectivity index (χ1) is 12.9. The monoisotopic (exact) mass is 391 g/mol. The molecular formula is C19H22ClN3O4. The lowest BCUT2D eigenvalue weighted by Crippen LogP contribution is -2.34. The van der Waals surface area contributed by atoms with E-state index in [0.29, 0.717) is 17.9 Å². The Bertz CT molecular complexity index is 792. The molecule has 0 saturated heterocycles. The molecule has 0 unspecified atom stereocenters. The molecule has 1 amide bonds. The van der Waals surface area contributed by atoms with E-state index >= 15 is 0 Å². The van der Waals surface area contributed by atoms with E-state index in [-0.39, 0.29) is 22.4 Å². The third kappa shape index (κ3) is 5.94. The van der Waals surface area contributed by atoms with Gasteiger partial charge in [-0.1, -0.05) is 25.4 Å². The molecule has 27 heavy (non-hydrogen) atoms. The molecule has 0 spiro atoms. The number of nitro groups is 1. The van der Waals surface area contributed by atoms with Gasteiger partial charge in [0.05, 0.1) is 4.92 Å². The van der Waals surface area contributed by atoms with Crippen molar-refractivity contribution in [3.8, 4) is 11.5 Å². The first-order valence-electron chi connectivity index (χ1n) is 8.67. The van der Waals surface area contributed by atoms with E-state index in [9.17, 15) is 14.9 Å². The molecule has 0 saturated carbocycles. The molecule has 2 aromatic carbocycles. The number of nitrogens with zero attached hydrogens (tertiary/aromatic N) is 2. The Balaban J connectivity index is 1.99.